The van der Waals surface area contributed by atoms with E-state index in [0.29, 0.717) is 6.04 Å². The number of fused-ring (bicyclic) bond motifs is 1. The maximum atomic E-state index is 5.84. The van der Waals surface area contributed by atoms with Crippen LogP contribution < -0.4 is 10.1 Å². The molecule has 3 rings (SSSR count). The normalized spacial score (nSPS) is 20.1. The molecule has 1 aliphatic rings. The molecular formula is C14H18N2OS. The zero-order chi connectivity index (χ0) is 12.2. The van der Waals surface area contributed by atoms with Gasteiger partial charge in [-0.1, -0.05) is 6.42 Å². The van der Waals surface area contributed by atoms with E-state index >= 15 is 0 Å². The lowest BCUT2D eigenvalue weighted by molar-refractivity contribution is 0.263. The van der Waals surface area contributed by atoms with Crippen LogP contribution in [0.4, 0.5) is 0 Å². The van der Waals surface area contributed by atoms with Gasteiger partial charge in [0.15, 0.2) is 0 Å². The van der Waals surface area contributed by atoms with Gasteiger partial charge in [0, 0.05) is 16.9 Å². The Bertz CT molecular complexity index is 505. The SMILES string of the molecule is c1cc2sccc2c(OCCC2CCCCN2)n1. The molecule has 0 saturated carbocycles. The Balaban J connectivity index is 1.57. The standard InChI is InChI=1S/C14H18N2OS/c1-2-7-15-11(3-1)5-9-17-14-12-6-10-18-13(12)4-8-16-14/h4,6,8,10-11,15H,1-3,5,7,9H2. The van der Waals surface area contributed by atoms with E-state index in [0.717, 1.165) is 30.8 Å². The van der Waals surface area contributed by atoms with E-state index in [2.05, 4.69) is 21.7 Å². The lowest BCUT2D eigenvalue weighted by atomic mass is 10.0. The minimum Gasteiger partial charge on any atom is -0.477 e. The Kier molecular flexibility index (Phi) is 3.76. The van der Waals surface area contributed by atoms with Crippen LogP contribution in [-0.4, -0.2) is 24.2 Å². The van der Waals surface area contributed by atoms with Gasteiger partial charge in [-0.3, -0.25) is 0 Å². The topological polar surface area (TPSA) is 34.1 Å². The summed E-state index contributed by atoms with van der Waals surface area (Å²) in [4.78, 5) is 4.33. The first kappa shape index (κ1) is 11.9. The second kappa shape index (κ2) is 5.67. The molecule has 1 fully saturated rings. The van der Waals surface area contributed by atoms with E-state index in [1.54, 1.807) is 11.3 Å². The van der Waals surface area contributed by atoms with Crippen molar-refractivity contribution in [2.45, 2.75) is 31.7 Å². The van der Waals surface area contributed by atoms with Crippen LogP contribution in [0.15, 0.2) is 23.7 Å². The van der Waals surface area contributed by atoms with E-state index in [4.69, 9.17) is 4.74 Å². The fourth-order valence-electron chi connectivity index (χ4n) is 2.45. The molecule has 2 aromatic heterocycles. The number of nitrogens with zero attached hydrogens (tertiary/aromatic N) is 1. The first-order valence-electron chi connectivity index (χ1n) is 6.62. The number of rotatable bonds is 4. The number of pyridine rings is 1. The maximum Gasteiger partial charge on any atom is 0.222 e. The molecule has 0 spiro atoms. The third-order valence-electron chi connectivity index (χ3n) is 3.46. The second-order valence-corrected chi connectivity index (χ2v) is 5.68. The van der Waals surface area contributed by atoms with Gasteiger partial charge in [0.2, 0.25) is 5.88 Å². The van der Waals surface area contributed by atoms with Crippen LogP contribution in [0.25, 0.3) is 10.1 Å². The molecule has 96 valence electrons. The van der Waals surface area contributed by atoms with Crippen molar-refractivity contribution in [1.29, 1.82) is 0 Å². The summed E-state index contributed by atoms with van der Waals surface area (Å²) in [6.07, 6.45) is 6.83. The number of aromatic nitrogens is 1. The Morgan fingerprint density at radius 3 is 3.28 bits per heavy atom. The van der Waals surface area contributed by atoms with Crippen molar-refractivity contribution in [1.82, 2.24) is 10.3 Å². The predicted molar refractivity (Wildman–Crippen MR) is 75.4 cm³/mol. The Labute approximate surface area is 111 Å². The average Bonchev–Trinajstić information content (AvgIpc) is 2.89. The molecule has 1 atom stereocenters. The summed E-state index contributed by atoms with van der Waals surface area (Å²) in [5.74, 6) is 0.782. The molecule has 0 radical (unpaired) electrons. The van der Waals surface area contributed by atoms with Crippen molar-refractivity contribution in [3.05, 3.63) is 23.7 Å². The van der Waals surface area contributed by atoms with Gasteiger partial charge in [-0.2, -0.15) is 0 Å². The lowest BCUT2D eigenvalue weighted by Gasteiger charge is -2.23. The van der Waals surface area contributed by atoms with Gasteiger partial charge in [0.25, 0.3) is 0 Å². The number of thiophene rings is 1. The molecule has 1 saturated heterocycles. The zero-order valence-electron chi connectivity index (χ0n) is 10.4. The van der Waals surface area contributed by atoms with Crippen molar-refractivity contribution in [3.63, 3.8) is 0 Å². The smallest absolute Gasteiger partial charge is 0.222 e. The molecule has 1 unspecified atom stereocenters. The van der Waals surface area contributed by atoms with Crippen molar-refractivity contribution in [2.24, 2.45) is 0 Å². The summed E-state index contributed by atoms with van der Waals surface area (Å²) in [7, 11) is 0. The van der Waals surface area contributed by atoms with Gasteiger partial charge >= 0.3 is 0 Å². The molecule has 0 amide bonds. The molecule has 3 nitrogen and oxygen atoms in total. The van der Waals surface area contributed by atoms with E-state index in [1.165, 1.54) is 24.0 Å². The van der Waals surface area contributed by atoms with E-state index in [1.807, 2.05) is 12.3 Å². The molecule has 0 aliphatic carbocycles. The molecule has 1 N–H and O–H groups in total. The highest BCUT2D eigenvalue weighted by Gasteiger charge is 2.12. The molecule has 2 aromatic rings. The highest BCUT2D eigenvalue weighted by Crippen LogP contribution is 2.27. The summed E-state index contributed by atoms with van der Waals surface area (Å²) in [5.41, 5.74) is 0. The van der Waals surface area contributed by atoms with Crippen LogP contribution in [0.1, 0.15) is 25.7 Å². The summed E-state index contributed by atoms with van der Waals surface area (Å²) in [6, 6.07) is 4.75. The molecule has 1 aliphatic heterocycles. The highest BCUT2D eigenvalue weighted by molar-refractivity contribution is 7.17. The first-order valence-corrected chi connectivity index (χ1v) is 7.50. The van der Waals surface area contributed by atoms with Crippen molar-refractivity contribution < 1.29 is 4.74 Å². The minimum atomic E-state index is 0.625. The molecule has 3 heterocycles. The number of nitrogens with one attached hydrogen (secondary N) is 1. The zero-order valence-corrected chi connectivity index (χ0v) is 11.2. The summed E-state index contributed by atoms with van der Waals surface area (Å²) in [5, 5.41) is 6.76. The number of ether oxygens (including phenoxy) is 1. The third-order valence-corrected chi connectivity index (χ3v) is 4.34. The number of piperidine rings is 1. The molecule has 18 heavy (non-hydrogen) atoms. The van der Waals surface area contributed by atoms with Gasteiger partial charge in [0.05, 0.1) is 12.0 Å². The Hall–Kier alpha value is -1.13. The van der Waals surface area contributed by atoms with Gasteiger partial charge in [-0.25, -0.2) is 4.98 Å². The fourth-order valence-corrected chi connectivity index (χ4v) is 3.22. The molecule has 0 bridgehead atoms. The van der Waals surface area contributed by atoms with Crippen LogP contribution in [0.2, 0.25) is 0 Å². The fraction of sp³-hybridized carbons (Fsp3) is 0.500. The molecule has 4 heteroatoms. The van der Waals surface area contributed by atoms with E-state index in [-0.39, 0.29) is 0 Å². The lowest BCUT2D eigenvalue weighted by Crippen LogP contribution is -2.35. The molecular weight excluding hydrogens is 244 g/mol. The van der Waals surface area contributed by atoms with Crippen LogP contribution in [0, 0.1) is 0 Å². The van der Waals surface area contributed by atoms with Gasteiger partial charge in [-0.05, 0) is 43.3 Å². The van der Waals surface area contributed by atoms with Crippen LogP contribution >= 0.6 is 11.3 Å². The summed E-state index contributed by atoms with van der Waals surface area (Å²) in [6.45, 7) is 1.91. The summed E-state index contributed by atoms with van der Waals surface area (Å²) < 4.78 is 7.08. The van der Waals surface area contributed by atoms with Crippen molar-refractivity contribution in [3.8, 4) is 5.88 Å². The van der Waals surface area contributed by atoms with Gasteiger partial charge in [0.1, 0.15) is 0 Å². The Morgan fingerprint density at radius 1 is 1.39 bits per heavy atom. The maximum absolute atomic E-state index is 5.84. The Morgan fingerprint density at radius 2 is 2.39 bits per heavy atom. The third kappa shape index (κ3) is 2.65. The number of hydrogen-bond acceptors (Lipinski definition) is 4. The quantitative estimate of drug-likeness (QED) is 0.918. The number of hydrogen-bond donors (Lipinski definition) is 1. The predicted octanol–water partition coefficient (Wildman–Crippen LogP) is 3.21. The first-order chi connectivity index (χ1) is 8.93. The van der Waals surface area contributed by atoms with Crippen molar-refractivity contribution in [2.75, 3.05) is 13.2 Å². The summed E-state index contributed by atoms with van der Waals surface area (Å²) >= 11 is 1.73. The van der Waals surface area contributed by atoms with Crippen LogP contribution in [0.5, 0.6) is 5.88 Å². The highest BCUT2D eigenvalue weighted by atomic mass is 32.1. The van der Waals surface area contributed by atoms with Crippen molar-refractivity contribution >= 4 is 21.4 Å². The molecule has 0 aromatic carbocycles. The van der Waals surface area contributed by atoms with Gasteiger partial charge < -0.3 is 10.1 Å². The van der Waals surface area contributed by atoms with E-state index < -0.39 is 0 Å². The van der Waals surface area contributed by atoms with Crippen LogP contribution in [-0.2, 0) is 0 Å². The average molecular weight is 262 g/mol. The minimum absolute atomic E-state index is 0.625. The monoisotopic (exact) mass is 262 g/mol. The van der Waals surface area contributed by atoms with E-state index in [9.17, 15) is 0 Å². The largest absolute Gasteiger partial charge is 0.477 e. The van der Waals surface area contributed by atoms with Gasteiger partial charge in [-0.15, -0.1) is 11.3 Å². The van der Waals surface area contributed by atoms with Crippen LogP contribution in [0.3, 0.4) is 0 Å². The second-order valence-electron chi connectivity index (χ2n) is 4.73.